The summed E-state index contributed by atoms with van der Waals surface area (Å²) in [6, 6.07) is 0. The number of allylic oxidation sites excluding steroid dienone is 5. The Hall–Kier alpha value is -1.12. The summed E-state index contributed by atoms with van der Waals surface area (Å²) in [5, 5.41) is 20.2. The number of aliphatic hydroxyl groups excluding tert-OH is 2. The number of aliphatic hydroxyl groups is 2. The second-order valence-corrected chi connectivity index (χ2v) is 11.0. The fraction of sp³-hybridized carbons (Fsp3) is 0.714. The first-order chi connectivity index (χ1) is 14.1. The lowest BCUT2D eigenvalue weighted by molar-refractivity contribution is 0.0862. The van der Waals surface area contributed by atoms with Gasteiger partial charge in [0.05, 0.1) is 12.2 Å². The van der Waals surface area contributed by atoms with Crippen molar-refractivity contribution in [3.05, 3.63) is 47.6 Å². The SMILES string of the molecule is C=C1/C(=C/C=C2\CCC[C@]3(C)C([C@H](C)/C=C/[C@H](C)C(C)C)CC[C@@H]23)C[C@@H](O)C[C@@H]1O. The molecule has 0 spiro atoms. The molecule has 0 bridgehead atoms. The molecule has 3 saturated carbocycles. The first-order valence-electron chi connectivity index (χ1n) is 12.3. The minimum Gasteiger partial charge on any atom is -0.393 e. The van der Waals surface area contributed by atoms with E-state index >= 15 is 0 Å². The minimum atomic E-state index is -0.605. The molecule has 1 unspecified atom stereocenters. The van der Waals surface area contributed by atoms with Gasteiger partial charge in [0.25, 0.3) is 0 Å². The molecule has 0 aliphatic heterocycles. The van der Waals surface area contributed by atoms with Crippen molar-refractivity contribution in [1.82, 2.24) is 0 Å². The van der Waals surface area contributed by atoms with Gasteiger partial charge in [0, 0.05) is 6.42 Å². The maximum atomic E-state index is 10.1. The summed E-state index contributed by atoms with van der Waals surface area (Å²) < 4.78 is 0. The fourth-order valence-corrected chi connectivity index (χ4v) is 6.32. The maximum Gasteiger partial charge on any atom is 0.0811 e. The monoisotopic (exact) mass is 412 g/mol. The van der Waals surface area contributed by atoms with E-state index in [9.17, 15) is 10.2 Å². The Bertz CT molecular complexity index is 712. The Balaban J connectivity index is 1.76. The summed E-state index contributed by atoms with van der Waals surface area (Å²) in [5.74, 6) is 3.38. The molecule has 3 aliphatic carbocycles. The van der Waals surface area contributed by atoms with Crippen LogP contribution in [0.3, 0.4) is 0 Å². The van der Waals surface area contributed by atoms with Crippen LogP contribution in [0.4, 0.5) is 0 Å². The molecule has 30 heavy (non-hydrogen) atoms. The molecule has 7 atom stereocenters. The molecular formula is C28H44O2. The Morgan fingerprint density at radius 2 is 1.80 bits per heavy atom. The second-order valence-electron chi connectivity index (χ2n) is 11.0. The van der Waals surface area contributed by atoms with Crippen molar-refractivity contribution in [1.29, 1.82) is 0 Å². The van der Waals surface area contributed by atoms with Crippen LogP contribution in [0.1, 0.15) is 79.6 Å². The predicted octanol–water partition coefficient (Wildman–Crippen LogP) is 6.61. The zero-order valence-electron chi connectivity index (χ0n) is 19.9. The third-order valence-electron chi connectivity index (χ3n) is 8.71. The van der Waals surface area contributed by atoms with Crippen LogP contribution in [0.15, 0.2) is 47.6 Å². The lowest BCUT2D eigenvalue weighted by Crippen LogP contribution is -2.35. The molecule has 0 aromatic carbocycles. The van der Waals surface area contributed by atoms with Crippen LogP contribution in [-0.2, 0) is 0 Å². The van der Waals surface area contributed by atoms with Gasteiger partial charge >= 0.3 is 0 Å². The maximum absolute atomic E-state index is 10.1. The smallest absolute Gasteiger partial charge is 0.0811 e. The van der Waals surface area contributed by atoms with Gasteiger partial charge in [-0.25, -0.2) is 0 Å². The van der Waals surface area contributed by atoms with Crippen molar-refractivity contribution in [2.24, 2.45) is 35.0 Å². The molecule has 3 rings (SSSR count). The molecule has 168 valence electrons. The number of hydrogen-bond donors (Lipinski definition) is 2. The first kappa shape index (κ1) is 23.5. The molecule has 3 fully saturated rings. The molecule has 0 amide bonds. The molecule has 0 radical (unpaired) electrons. The van der Waals surface area contributed by atoms with Gasteiger partial charge < -0.3 is 10.2 Å². The molecule has 0 heterocycles. The molecule has 0 saturated heterocycles. The average molecular weight is 413 g/mol. The van der Waals surface area contributed by atoms with Crippen molar-refractivity contribution in [2.45, 2.75) is 91.8 Å². The van der Waals surface area contributed by atoms with E-state index in [2.05, 4.69) is 65.5 Å². The summed E-state index contributed by atoms with van der Waals surface area (Å²) in [6.45, 7) is 16.0. The number of rotatable bonds is 5. The molecule has 3 aliphatic rings. The largest absolute Gasteiger partial charge is 0.393 e. The van der Waals surface area contributed by atoms with Gasteiger partial charge in [-0.15, -0.1) is 0 Å². The van der Waals surface area contributed by atoms with Crippen LogP contribution in [0.2, 0.25) is 0 Å². The van der Waals surface area contributed by atoms with E-state index in [-0.39, 0.29) is 0 Å². The number of hydrogen-bond acceptors (Lipinski definition) is 2. The molecule has 2 N–H and O–H groups in total. The summed E-state index contributed by atoms with van der Waals surface area (Å²) >= 11 is 0. The van der Waals surface area contributed by atoms with E-state index in [1.165, 1.54) is 32.1 Å². The van der Waals surface area contributed by atoms with E-state index in [1.54, 1.807) is 5.57 Å². The zero-order chi connectivity index (χ0) is 22.1. The minimum absolute atomic E-state index is 0.385. The van der Waals surface area contributed by atoms with Crippen molar-refractivity contribution in [3.63, 3.8) is 0 Å². The molecule has 2 heteroatoms. The summed E-state index contributed by atoms with van der Waals surface area (Å²) in [6.07, 6.45) is 15.8. The normalized spacial score (nSPS) is 39.8. The van der Waals surface area contributed by atoms with Crippen LogP contribution in [-0.4, -0.2) is 22.4 Å². The average Bonchev–Trinajstić information content (AvgIpc) is 3.04. The van der Waals surface area contributed by atoms with Gasteiger partial charge in [-0.05, 0) is 84.7 Å². The molecule has 2 nitrogen and oxygen atoms in total. The number of fused-ring (bicyclic) bond motifs is 1. The predicted molar refractivity (Wildman–Crippen MR) is 127 cm³/mol. The van der Waals surface area contributed by atoms with Crippen molar-refractivity contribution >= 4 is 0 Å². The summed E-state index contributed by atoms with van der Waals surface area (Å²) in [7, 11) is 0. The zero-order valence-corrected chi connectivity index (χ0v) is 19.9. The summed E-state index contributed by atoms with van der Waals surface area (Å²) in [5.41, 5.74) is 3.77. The Morgan fingerprint density at radius 1 is 1.07 bits per heavy atom. The van der Waals surface area contributed by atoms with Gasteiger partial charge in [0.1, 0.15) is 0 Å². The highest BCUT2D eigenvalue weighted by Crippen LogP contribution is 2.59. The van der Waals surface area contributed by atoms with E-state index in [4.69, 9.17) is 0 Å². The van der Waals surface area contributed by atoms with E-state index in [0.29, 0.717) is 41.9 Å². The second kappa shape index (κ2) is 9.57. The van der Waals surface area contributed by atoms with Gasteiger partial charge in [0.15, 0.2) is 0 Å². The lowest BCUT2D eigenvalue weighted by atomic mass is 9.61. The van der Waals surface area contributed by atoms with Crippen molar-refractivity contribution < 1.29 is 10.2 Å². The van der Waals surface area contributed by atoms with Gasteiger partial charge in [-0.3, -0.25) is 0 Å². The van der Waals surface area contributed by atoms with Crippen molar-refractivity contribution in [3.8, 4) is 0 Å². The Labute approximate surface area is 184 Å². The topological polar surface area (TPSA) is 40.5 Å². The van der Waals surface area contributed by atoms with E-state index in [1.807, 2.05) is 0 Å². The van der Waals surface area contributed by atoms with Crippen LogP contribution in [0.5, 0.6) is 0 Å². The van der Waals surface area contributed by atoms with E-state index in [0.717, 1.165) is 17.1 Å². The van der Waals surface area contributed by atoms with Crippen LogP contribution < -0.4 is 0 Å². The quantitative estimate of drug-likeness (QED) is 0.499. The molecule has 0 aromatic rings. The Kier molecular flexibility index (Phi) is 7.51. The van der Waals surface area contributed by atoms with Crippen LogP contribution in [0.25, 0.3) is 0 Å². The first-order valence-corrected chi connectivity index (χ1v) is 12.3. The highest BCUT2D eigenvalue weighted by Gasteiger charge is 2.50. The summed E-state index contributed by atoms with van der Waals surface area (Å²) in [4.78, 5) is 0. The van der Waals surface area contributed by atoms with Gasteiger partial charge in [0.2, 0.25) is 0 Å². The van der Waals surface area contributed by atoms with Crippen molar-refractivity contribution in [2.75, 3.05) is 0 Å². The van der Waals surface area contributed by atoms with Gasteiger partial charge in [-0.1, -0.05) is 71.1 Å². The standard InChI is InChI=1S/C28H44O2/c1-18(2)19(3)9-10-20(4)25-13-14-26-22(8-7-15-28(25,26)6)11-12-23-16-24(29)17-27(30)21(23)5/h9-12,18-20,24-27,29-30H,5,7-8,13-17H2,1-4,6H3/b10-9+,22-11+,23-12+/t19-,20+,24+,25?,26-,27-,28+/m0/s1. The third-order valence-corrected chi connectivity index (χ3v) is 8.71. The van der Waals surface area contributed by atoms with E-state index < -0.39 is 12.2 Å². The Morgan fingerprint density at radius 3 is 2.50 bits per heavy atom. The highest BCUT2D eigenvalue weighted by atomic mass is 16.3. The third kappa shape index (κ3) is 4.86. The van der Waals surface area contributed by atoms with Crippen LogP contribution >= 0.6 is 0 Å². The highest BCUT2D eigenvalue weighted by molar-refractivity contribution is 5.38. The molecule has 0 aromatic heterocycles. The van der Waals surface area contributed by atoms with Crippen LogP contribution in [0, 0.1) is 35.0 Å². The molecular weight excluding hydrogens is 368 g/mol. The lowest BCUT2D eigenvalue weighted by Gasteiger charge is -2.44. The van der Waals surface area contributed by atoms with Gasteiger partial charge in [-0.2, -0.15) is 0 Å². The fourth-order valence-electron chi connectivity index (χ4n) is 6.32.